The lowest BCUT2D eigenvalue weighted by Crippen LogP contribution is -2.21. The summed E-state index contributed by atoms with van der Waals surface area (Å²) in [6.45, 7) is 7.91. The molecule has 0 bridgehead atoms. The molecule has 0 aliphatic carbocycles. The summed E-state index contributed by atoms with van der Waals surface area (Å²) in [5.41, 5.74) is 0. The van der Waals surface area contributed by atoms with Crippen LogP contribution >= 0.6 is 22.6 Å². The van der Waals surface area contributed by atoms with Crippen LogP contribution in [0.15, 0.2) is 12.7 Å². The van der Waals surface area contributed by atoms with Crippen molar-refractivity contribution in [2.24, 2.45) is 11.8 Å². The molecule has 0 aromatic carbocycles. The van der Waals surface area contributed by atoms with E-state index in [4.69, 9.17) is 0 Å². The Bertz CT molecular complexity index is 114. The van der Waals surface area contributed by atoms with E-state index < -0.39 is 0 Å². The Balaban J connectivity index is 3.79. The van der Waals surface area contributed by atoms with Crippen LogP contribution in [-0.4, -0.2) is 10.5 Å². The summed E-state index contributed by atoms with van der Waals surface area (Å²) in [5.74, 6) is 0.864. The van der Waals surface area contributed by atoms with Gasteiger partial charge in [-0.05, 0) is 18.3 Å². The predicted molar refractivity (Wildman–Crippen MR) is 56.5 cm³/mol. The average molecular weight is 267 g/mol. The first kappa shape index (κ1) is 11.4. The molecule has 3 atom stereocenters. The number of alkyl halides is 1. The molecule has 65 valence electrons. The maximum absolute atomic E-state index is 10.5. The van der Waals surface area contributed by atoms with Crippen LogP contribution in [0.3, 0.4) is 0 Å². The highest BCUT2D eigenvalue weighted by Gasteiger charge is 2.19. The highest BCUT2D eigenvalue weighted by molar-refractivity contribution is 14.1. The standard InChI is InChI=1S/C9H16IO/c1-4-5-7(2)9(10)8(3)6-11/h4,7-9H,1,5-6H2,2-3H3. The van der Waals surface area contributed by atoms with Crippen LogP contribution in [-0.2, 0) is 5.11 Å². The SMILES string of the molecule is C=CCC(C)C(I)C(C)C[O]. The lowest BCUT2D eigenvalue weighted by Gasteiger charge is -2.21. The highest BCUT2D eigenvalue weighted by atomic mass is 127. The van der Waals surface area contributed by atoms with Gasteiger partial charge in [-0.2, -0.15) is 0 Å². The third-order valence-electron chi connectivity index (χ3n) is 1.89. The molecule has 0 saturated heterocycles. The normalized spacial score (nSPS) is 18.9. The second-order valence-corrected chi connectivity index (χ2v) is 4.53. The van der Waals surface area contributed by atoms with Crippen molar-refractivity contribution in [1.29, 1.82) is 0 Å². The number of halogens is 1. The van der Waals surface area contributed by atoms with Gasteiger partial charge in [0.05, 0.1) is 6.61 Å². The van der Waals surface area contributed by atoms with E-state index in [2.05, 4.69) is 36.1 Å². The minimum absolute atomic E-state index is 0.0368. The molecule has 0 saturated carbocycles. The van der Waals surface area contributed by atoms with E-state index in [1.807, 2.05) is 13.0 Å². The Morgan fingerprint density at radius 2 is 2.00 bits per heavy atom. The molecule has 2 heteroatoms. The van der Waals surface area contributed by atoms with Crippen LogP contribution in [0.4, 0.5) is 0 Å². The third-order valence-corrected chi connectivity index (χ3v) is 4.34. The molecule has 0 spiro atoms. The van der Waals surface area contributed by atoms with Crippen LogP contribution in [0, 0.1) is 11.8 Å². The summed E-state index contributed by atoms with van der Waals surface area (Å²) in [6, 6.07) is 0. The molecule has 0 amide bonds. The van der Waals surface area contributed by atoms with Gasteiger partial charge in [-0.1, -0.05) is 42.5 Å². The van der Waals surface area contributed by atoms with Gasteiger partial charge < -0.3 is 0 Å². The zero-order valence-electron chi connectivity index (χ0n) is 7.22. The van der Waals surface area contributed by atoms with Crippen molar-refractivity contribution in [1.82, 2.24) is 0 Å². The molecule has 0 fully saturated rings. The van der Waals surface area contributed by atoms with Crippen molar-refractivity contribution in [2.75, 3.05) is 6.61 Å². The molecular formula is C9H16IO. The first-order valence-electron chi connectivity index (χ1n) is 3.96. The third kappa shape index (κ3) is 4.11. The topological polar surface area (TPSA) is 19.9 Å². The molecule has 1 nitrogen and oxygen atoms in total. The maximum Gasteiger partial charge on any atom is 0.0857 e. The Morgan fingerprint density at radius 3 is 2.36 bits per heavy atom. The van der Waals surface area contributed by atoms with Crippen LogP contribution < -0.4 is 0 Å². The average Bonchev–Trinajstić information content (AvgIpc) is 2.02. The number of rotatable bonds is 5. The summed E-state index contributed by atoms with van der Waals surface area (Å²) in [4.78, 5) is 0. The summed E-state index contributed by atoms with van der Waals surface area (Å²) >= 11 is 2.37. The quantitative estimate of drug-likeness (QED) is 0.414. The van der Waals surface area contributed by atoms with Gasteiger partial charge in [-0.25, -0.2) is 5.11 Å². The maximum atomic E-state index is 10.5. The highest BCUT2D eigenvalue weighted by Crippen LogP contribution is 2.24. The Morgan fingerprint density at radius 1 is 1.45 bits per heavy atom. The van der Waals surface area contributed by atoms with E-state index in [0.717, 1.165) is 6.42 Å². The second-order valence-electron chi connectivity index (χ2n) is 3.09. The van der Waals surface area contributed by atoms with Gasteiger partial charge in [-0.3, -0.25) is 0 Å². The van der Waals surface area contributed by atoms with Crippen molar-refractivity contribution in [3.8, 4) is 0 Å². The molecule has 1 radical (unpaired) electrons. The fraction of sp³-hybridized carbons (Fsp3) is 0.778. The smallest absolute Gasteiger partial charge is 0.0857 e. The van der Waals surface area contributed by atoms with Gasteiger partial charge in [0.2, 0.25) is 0 Å². The Hall–Kier alpha value is 0.430. The molecule has 0 rings (SSSR count). The Labute approximate surface area is 83.0 Å². The fourth-order valence-corrected chi connectivity index (χ4v) is 1.55. The van der Waals surface area contributed by atoms with Crippen LogP contribution in [0.1, 0.15) is 20.3 Å². The predicted octanol–water partition coefficient (Wildman–Crippen LogP) is 3.07. The number of allylic oxidation sites excluding steroid dienone is 1. The monoisotopic (exact) mass is 267 g/mol. The first-order chi connectivity index (χ1) is 5.13. The zero-order valence-corrected chi connectivity index (χ0v) is 9.37. The van der Waals surface area contributed by atoms with Gasteiger partial charge >= 0.3 is 0 Å². The molecule has 0 aliphatic rings. The van der Waals surface area contributed by atoms with Crippen LogP contribution in [0.25, 0.3) is 0 Å². The summed E-state index contributed by atoms with van der Waals surface area (Å²) < 4.78 is 0.489. The Kier molecular flexibility index (Phi) is 6.24. The fourth-order valence-electron chi connectivity index (χ4n) is 1.05. The lowest BCUT2D eigenvalue weighted by molar-refractivity contribution is 0.144. The molecule has 11 heavy (non-hydrogen) atoms. The number of hydrogen-bond acceptors (Lipinski definition) is 0. The van der Waals surface area contributed by atoms with E-state index >= 15 is 0 Å². The zero-order chi connectivity index (χ0) is 8.85. The van der Waals surface area contributed by atoms with Crippen molar-refractivity contribution < 1.29 is 5.11 Å². The molecule has 0 aromatic rings. The van der Waals surface area contributed by atoms with Gasteiger partial charge in [-0.15, -0.1) is 6.58 Å². The van der Waals surface area contributed by atoms with E-state index in [1.165, 1.54) is 0 Å². The van der Waals surface area contributed by atoms with E-state index in [1.54, 1.807) is 0 Å². The second kappa shape index (κ2) is 6.00. The molecule has 0 aromatic heterocycles. The molecule has 0 heterocycles. The largest absolute Gasteiger partial charge is 0.236 e. The van der Waals surface area contributed by atoms with Crippen molar-refractivity contribution in [3.63, 3.8) is 0 Å². The van der Waals surface area contributed by atoms with Crippen LogP contribution in [0.5, 0.6) is 0 Å². The van der Waals surface area contributed by atoms with Crippen molar-refractivity contribution >= 4 is 22.6 Å². The van der Waals surface area contributed by atoms with Crippen LogP contribution in [0.2, 0.25) is 0 Å². The molecule has 0 aliphatic heterocycles. The lowest BCUT2D eigenvalue weighted by atomic mass is 9.95. The van der Waals surface area contributed by atoms with E-state index in [9.17, 15) is 5.11 Å². The molecule has 0 N–H and O–H groups in total. The van der Waals surface area contributed by atoms with Gasteiger partial charge in [0.1, 0.15) is 0 Å². The van der Waals surface area contributed by atoms with E-state index in [0.29, 0.717) is 9.84 Å². The van der Waals surface area contributed by atoms with Gasteiger partial charge in [0, 0.05) is 3.92 Å². The number of hydrogen-bond donors (Lipinski definition) is 0. The minimum atomic E-state index is 0.0368. The summed E-state index contributed by atoms with van der Waals surface area (Å²) in [5, 5.41) is 10.5. The first-order valence-corrected chi connectivity index (χ1v) is 5.21. The minimum Gasteiger partial charge on any atom is -0.236 e. The summed E-state index contributed by atoms with van der Waals surface area (Å²) in [6.07, 6.45) is 2.94. The van der Waals surface area contributed by atoms with Gasteiger partial charge in [0.15, 0.2) is 0 Å². The van der Waals surface area contributed by atoms with E-state index in [-0.39, 0.29) is 12.5 Å². The van der Waals surface area contributed by atoms with Crippen molar-refractivity contribution in [2.45, 2.75) is 24.2 Å². The molecular weight excluding hydrogens is 251 g/mol. The van der Waals surface area contributed by atoms with Gasteiger partial charge in [0.25, 0.3) is 0 Å². The molecule has 3 unspecified atom stereocenters. The van der Waals surface area contributed by atoms with Crippen molar-refractivity contribution in [3.05, 3.63) is 12.7 Å². The summed E-state index contributed by atoms with van der Waals surface area (Å²) in [7, 11) is 0.